The first-order chi connectivity index (χ1) is 60.3. The highest BCUT2D eigenvalue weighted by Crippen LogP contribution is 2.55. The van der Waals surface area contributed by atoms with Crippen molar-refractivity contribution in [2.24, 2.45) is 0 Å². The number of Topliss-reactive ketones (excluding diaryl/α,β-unsaturated/α-hetero) is 3. The number of ketones is 3. The Kier molecular flexibility index (Phi) is 20.2. The van der Waals surface area contributed by atoms with E-state index in [-0.39, 0.29) is 17.3 Å². The quantitative estimate of drug-likeness (QED) is 0.0717. The minimum absolute atomic E-state index is 0.0470. The maximum Gasteiger partial charge on any atom is 0.195 e. The number of hydrogen-bond acceptors (Lipinski definition) is 5. The van der Waals surface area contributed by atoms with Gasteiger partial charge in [-0.3, -0.25) is 14.4 Å². The zero-order valence-corrected chi connectivity index (χ0v) is 66.4. The van der Waals surface area contributed by atoms with Crippen LogP contribution in [0.4, 0.5) is 0 Å². The molecule has 0 amide bonds. The molecule has 0 unspecified atom stereocenters. The molecule has 17 aromatic carbocycles. The number of allylic oxidation sites excluding steroid dienone is 12. The maximum absolute atomic E-state index is 16.0. The standard InChI is InChI=1S/C117H76O5/c118-115-109(87-35-19-6-20-36-87)103(90-51-41-82(42-52-90)77-25-9-1-10-26-77)107(113(115)97-57-47-85(48-58-97)80-31-15-4-16-32-80)94-65-73-101(74-66-94)122-100-71-63-93(64-72-100)106-108(114(117(120)111(106)89-39-23-8-24-40-89)98-59-49-86(50-60-98)81-33-17-5-18-34-81)95-67-75-102(76-68-95)121-99-69-61-92(62-70-99)105-104(91-53-43-83(44-54-91)78-27-11-2-12-28-78)112(116(119)110(105)88-37-21-7-22-38-88)96-55-45-84(46-56-96)79-29-13-3-14-30-79/h1-76H. The van der Waals surface area contributed by atoms with Crippen LogP contribution in [0.25, 0.3) is 123 Å². The van der Waals surface area contributed by atoms with Crippen LogP contribution in [0.15, 0.2) is 461 Å². The van der Waals surface area contributed by atoms with Crippen LogP contribution in [0.5, 0.6) is 23.0 Å². The molecule has 0 radical (unpaired) electrons. The lowest BCUT2D eigenvalue weighted by atomic mass is 9.88. The fourth-order valence-corrected chi connectivity index (χ4v) is 17.3. The Morgan fingerprint density at radius 3 is 0.344 bits per heavy atom. The third kappa shape index (κ3) is 14.6. The molecule has 3 aliphatic rings. The Morgan fingerprint density at radius 2 is 0.197 bits per heavy atom. The molecule has 0 saturated heterocycles. The predicted molar refractivity (Wildman–Crippen MR) is 501 cm³/mol. The van der Waals surface area contributed by atoms with Gasteiger partial charge in [0.2, 0.25) is 0 Å². The summed E-state index contributed by atoms with van der Waals surface area (Å²) in [5.41, 5.74) is 29.6. The Hall–Kier alpha value is -16.2. The first-order valence-corrected chi connectivity index (χ1v) is 41.1. The SMILES string of the molecule is O=C1C(c2ccccc2)=C(c2ccc(Oc3ccc(C4=C(c5ccc(-c6ccccc6)cc5)C(=O)C(c5ccccc5)=C4c4ccc(-c5ccccc5)cc4)cc3)cc2)C(c2ccc(Oc3ccc(C4=C(c5ccccc5)C(=O)C(c5ccc(-c6ccccc6)cc5)=C4c4ccc(-c5ccccc5)cc4)cc3)cc2)=C1c1ccc(-c2ccccc2)cc1. The Morgan fingerprint density at radius 1 is 0.0984 bits per heavy atom. The van der Waals surface area contributed by atoms with Crippen molar-refractivity contribution in [2.45, 2.75) is 0 Å². The zero-order chi connectivity index (χ0) is 81.8. The van der Waals surface area contributed by atoms with Crippen LogP contribution in [0.3, 0.4) is 0 Å². The predicted octanol–water partition coefficient (Wildman–Crippen LogP) is 28.9. The molecule has 0 atom stereocenters. The monoisotopic (exact) mass is 1560 g/mol. The fraction of sp³-hybridized carbons (Fsp3) is 0. The van der Waals surface area contributed by atoms with E-state index < -0.39 is 0 Å². The minimum Gasteiger partial charge on any atom is -0.457 e. The molecule has 5 nitrogen and oxygen atoms in total. The molecule has 574 valence electrons. The molecule has 0 N–H and O–H groups in total. The van der Waals surface area contributed by atoms with Gasteiger partial charge >= 0.3 is 0 Å². The summed E-state index contributed by atoms with van der Waals surface area (Å²) in [5.74, 6) is 2.20. The zero-order valence-electron chi connectivity index (χ0n) is 66.4. The number of carbonyl (C=O) groups excluding carboxylic acids is 3. The Bertz CT molecular complexity index is 7000. The van der Waals surface area contributed by atoms with Crippen molar-refractivity contribution in [3.63, 3.8) is 0 Å². The van der Waals surface area contributed by atoms with E-state index in [1.165, 1.54) is 0 Å². The summed E-state index contributed by atoms with van der Waals surface area (Å²) in [4.78, 5) is 47.2. The van der Waals surface area contributed by atoms with Crippen LogP contribution in [0, 0.1) is 0 Å². The molecule has 3 aliphatic carbocycles. The molecule has 0 bridgehead atoms. The van der Waals surface area contributed by atoms with Crippen LogP contribution >= 0.6 is 0 Å². The number of benzene rings is 17. The highest BCUT2D eigenvalue weighted by Gasteiger charge is 2.39. The first kappa shape index (κ1) is 74.6. The molecule has 0 spiro atoms. The summed E-state index contributed by atoms with van der Waals surface area (Å²) in [6, 6.07) is 156. The fourth-order valence-electron chi connectivity index (χ4n) is 17.3. The van der Waals surface area contributed by atoms with Gasteiger partial charge in [-0.2, -0.15) is 0 Å². The Balaban J connectivity index is 0.641. The second kappa shape index (κ2) is 33.1. The average Bonchev–Trinajstić information content (AvgIpc) is 1.59. The molecule has 0 heterocycles. The molecule has 5 heteroatoms. The molecular weight excluding hydrogens is 1490 g/mol. The number of hydrogen-bond donors (Lipinski definition) is 0. The highest BCUT2D eigenvalue weighted by atomic mass is 16.5. The van der Waals surface area contributed by atoms with Gasteiger partial charge in [-0.15, -0.1) is 0 Å². The van der Waals surface area contributed by atoms with Gasteiger partial charge < -0.3 is 9.47 Å². The van der Waals surface area contributed by atoms with Crippen LogP contribution in [0.1, 0.15) is 66.8 Å². The van der Waals surface area contributed by atoms with Gasteiger partial charge in [-0.05, 0) is 171 Å². The van der Waals surface area contributed by atoms with Crippen molar-refractivity contribution in [1.29, 1.82) is 0 Å². The topological polar surface area (TPSA) is 69.7 Å². The number of carbonyl (C=O) groups is 3. The summed E-state index contributed by atoms with van der Waals surface area (Å²) in [5, 5.41) is 0. The van der Waals surface area contributed by atoms with E-state index in [0.29, 0.717) is 56.4 Å². The molecule has 17 aromatic rings. The van der Waals surface area contributed by atoms with Crippen molar-refractivity contribution in [1.82, 2.24) is 0 Å². The number of ether oxygens (including phenoxy) is 2. The molecule has 0 fully saturated rings. The van der Waals surface area contributed by atoms with E-state index in [4.69, 9.17) is 9.47 Å². The largest absolute Gasteiger partial charge is 0.457 e. The van der Waals surface area contributed by atoms with Crippen LogP contribution in [-0.4, -0.2) is 17.3 Å². The van der Waals surface area contributed by atoms with Gasteiger partial charge in [0.1, 0.15) is 23.0 Å². The average molecular weight is 1560 g/mol. The van der Waals surface area contributed by atoms with E-state index >= 15 is 14.4 Å². The van der Waals surface area contributed by atoms with Gasteiger partial charge in [0.15, 0.2) is 17.3 Å². The van der Waals surface area contributed by atoms with E-state index in [1.54, 1.807) is 0 Å². The van der Waals surface area contributed by atoms with Crippen LogP contribution in [-0.2, 0) is 14.4 Å². The van der Waals surface area contributed by atoms with Crippen molar-refractivity contribution >= 4 is 84.2 Å². The van der Waals surface area contributed by atoms with E-state index in [9.17, 15) is 0 Å². The first-order valence-electron chi connectivity index (χ1n) is 41.1. The third-order valence-corrected chi connectivity index (χ3v) is 23.2. The Labute approximate surface area is 709 Å². The summed E-state index contributed by atoms with van der Waals surface area (Å²) >= 11 is 0. The van der Waals surface area contributed by atoms with E-state index in [1.807, 2.05) is 255 Å². The lowest BCUT2D eigenvalue weighted by Crippen LogP contribution is -2.02. The molecule has 122 heavy (non-hydrogen) atoms. The molecule has 0 aromatic heterocycles. The normalized spacial score (nSPS) is 13.4. The molecule has 20 rings (SSSR count). The molecule has 0 saturated carbocycles. The lowest BCUT2D eigenvalue weighted by Gasteiger charge is -2.16. The minimum atomic E-state index is -0.0937. The summed E-state index contributed by atoms with van der Waals surface area (Å²) in [6.07, 6.45) is 0. The van der Waals surface area contributed by atoms with Gasteiger partial charge in [0, 0.05) is 66.9 Å². The second-order valence-corrected chi connectivity index (χ2v) is 30.6. The van der Waals surface area contributed by atoms with Crippen molar-refractivity contribution in [3.8, 4) is 78.6 Å². The maximum atomic E-state index is 16.0. The van der Waals surface area contributed by atoms with Crippen LogP contribution in [0.2, 0.25) is 0 Å². The van der Waals surface area contributed by atoms with Gasteiger partial charge in [-0.1, -0.05) is 413 Å². The van der Waals surface area contributed by atoms with Crippen molar-refractivity contribution in [2.75, 3.05) is 0 Å². The van der Waals surface area contributed by atoms with Gasteiger partial charge in [-0.25, -0.2) is 0 Å². The van der Waals surface area contributed by atoms with Gasteiger partial charge in [0.25, 0.3) is 0 Å². The highest BCUT2D eigenvalue weighted by molar-refractivity contribution is 6.61. The number of rotatable bonds is 21. The summed E-state index contributed by atoms with van der Waals surface area (Å²) < 4.78 is 13.6. The smallest absolute Gasteiger partial charge is 0.195 e. The molecule has 0 aliphatic heterocycles. The second-order valence-electron chi connectivity index (χ2n) is 30.6. The van der Waals surface area contributed by atoms with Crippen molar-refractivity contribution in [3.05, 3.63) is 528 Å². The van der Waals surface area contributed by atoms with Crippen LogP contribution < -0.4 is 9.47 Å². The van der Waals surface area contributed by atoms with Crippen molar-refractivity contribution < 1.29 is 23.9 Å². The van der Waals surface area contributed by atoms with E-state index in [0.717, 1.165) is 156 Å². The van der Waals surface area contributed by atoms with E-state index in [2.05, 4.69) is 206 Å². The summed E-state index contributed by atoms with van der Waals surface area (Å²) in [6.45, 7) is 0. The van der Waals surface area contributed by atoms with Gasteiger partial charge in [0.05, 0.1) is 0 Å². The third-order valence-electron chi connectivity index (χ3n) is 23.2. The summed E-state index contributed by atoms with van der Waals surface area (Å²) in [7, 11) is 0. The molecular formula is C117H76O5. The lowest BCUT2D eigenvalue weighted by molar-refractivity contribution is -0.109.